The Morgan fingerprint density at radius 2 is 1.77 bits per heavy atom. The van der Waals surface area contributed by atoms with Crippen molar-refractivity contribution in [2.45, 2.75) is 71.5 Å². The Morgan fingerprint density at radius 3 is 2.34 bits per heavy atom. The molecule has 8 heteroatoms. The van der Waals surface area contributed by atoms with Crippen molar-refractivity contribution in [3.8, 4) is 5.75 Å². The van der Waals surface area contributed by atoms with Crippen LogP contribution in [-0.4, -0.2) is 59.2 Å². The number of ether oxygens (including phenoxy) is 1. The third kappa shape index (κ3) is 6.10. The largest absolute Gasteiger partial charge is 0.497 e. The number of fused-ring (bicyclic) bond motifs is 1. The molecular formula is C27H37N3O5. The molecule has 4 amide bonds. The molecule has 1 aliphatic heterocycles. The summed E-state index contributed by atoms with van der Waals surface area (Å²) >= 11 is 0. The number of nitrogens with one attached hydrogen (secondary N) is 1. The topological polar surface area (TPSA) is 96.0 Å². The van der Waals surface area contributed by atoms with E-state index in [2.05, 4.69) is 5.32 Å². The second kappa shape index (κ2) is 12.0. The van der Waals surface area contributed by atoms with Crippen LogP contribution in [0.1, 0.15) is 58.4 Å². The number of imide groups is 1. The Bertz CT molecular complexity index is 949. The molecule has 1 aliphatic carbocycles. The number of hydrogen-bond donors (Lipinski definition) is 1. The van der Waals surface area contributed by atoms with E-state index in [0.717, 1.165) is 12.0 Å². The maximum Gasteiger partial charge on any atom is 0.243 e. The molecule has 1 aromatic carbocycles. The lowest BCUT2D eigenvalue weighted by molar-refractivity contribution is -0.144. The van der Waals surface area contributed by atoms with E-state index >= 15 is 0 Å². The van der Waals surface area contributed by atoms with Crippen LogP contribution in [0, 0.1) is 11.8 Å². The second-order valence-corrected chi connectivity index (χ2v) is 9.35. The summed E-state index contributed by atoms with van der Waals surface area (Å²) in [4.78, 5) is 55.0. The van der Waals surface area contributed by atoms with E-state index in [9.17, 15) is 19.2 Å². The minimum atomic E-state index is -0.667. The molecule has 1 N–H and O–H groups in total. The van der Waals surface area contributed by atoms with Crippen LogP contribution in [0.4, 0.5) is 0 Å². The SMILES string of the molecule is CC[C@@H](C)NC(=O)[C@H](CC)N(Cc1cccc(OC)c1)C(=O)CCN1C(=O)[C@H]2CC=CC[C@H]2C1=O. The van der Waals surface area contributed by atoms with Crippen LogP contribution >= 0.6 is 0 Å². The van der Waals surface area contributed by atoms with Gasteiger partial charge in [-0.05, 0) is 50.3 Å². The molecule has 3 rings (SSSR count). The first kappa shape index (κ1) is 26.4. The van der Waals surface area contributed by atoms with Crippen LogP contribution in [0.5, 0.6) is 5.75 Å². The maximum atomic E-state index is 13.5. The van der Waals surface area contributed by atoms with Crippen molar-refractivity contribution in [2.75, 3.05) is 13.7 Å². The van der Waals surface area contributed by atoms with Gasteiger partial charge in [0.25, 0.3) is 0 Å². The van der Waals surface area contributed by atoms with E-state index in [1.165, 1.54) is 4.90 Å². The molecule has 0 bridgehead atoms. The fourth-order valence-corrected chi connectivity index (χ4v) is 4.77. The van der Waals surface area contributed by atoms with Gasteiger partial charge in [0, 0.05) is 25.6 Å². The van der Waals surface area contributed by atoms with E-state index in [1.807, 2.05) is 57.2 Å². The van der Waals surface area contributed by atoms with Gasteiger partial charge in [-0.25, -0.2) is 0 Å². The van der Waals surface area contributed by atoms with E-state index in [1.54, 1.807) is 12.0 Å². The molecule has 35 heavy (non-hydrogen) atoms. The van der Waals surface area contributed by atoms with E-state index in [4.69, 9.17) is 4.74 Å². The molecule has 0 radical (unpaired) electrons. The molecule has 1 fully saturated rings. The Labute approximate surface area is 207 Å². The van der Waals surface area contributed by atoms with E-state index < -0.39 is 6.04 Å². The number of likely N-dealkylation sites (tertiary alicyclic amines) is 1. The minimum absolute atomic E-state index is 0.0119. The summed E-state index contributed by atoms with van der Waals surface area (Å²) in [6.45, 7) is 6.04. The quantitative estimate of drug-likeness (QED) is 0.386. The highest BCUT2D eigenvalue weighted by atomic mass is 16.5. The zero-order chi connectivity index (χ0) is 25.5. The van der Waals surface area contributed by atoms with Crippen molar-refractivity contribution in [2.24, 2.45) is 11.8 Å². The fraction of sp³-hybridized carbons (Fsp3) is 0.556. The number of nitrogens with zero attached hydrogens (tertiary/aromatic N) is 2. The summed E-state index contributed by atoms with van der Waals surface area (Å²) < 4.78 is 5.31. The van der Waals surface area contributed by atoms with Gasteiger partial charge >= 0.3 is 0 Å². The number of allylic oxidation sites excluding steroid dienone is 2. The molecule has 1 saturated heterocycles. The van der Waals surface area contributed by atoms with E-state index in [-0.39, 0.29) is 61.0 Å². The molecule has 0 saturated carbocycles. The number of carbonyl (C=O) groups excluding carboxylic acids is 4. The number of carbonyl (C=O) groups is 4. The Morgan fingerprint density at radius 1 is 1.11 bits per heavy atom. The summed E-state index contributed by atoms with van der Waals surface area (Å²) in [5.74, 6) is -0.843. The number of hydrogen-bond acceptors (Lipinski definition) is 5. The zero-order valence-corrected chi connectivity index (χ0v) is 21.2. The molecule has 8 nitrogen and oxygen atoms in total. The summed E-state index contributed by atoms with van der Waals surface area (Å²) in [5.41, 5.74) is 0.831. The van der Waals surface area contributed by atoms with Gasteiger partial charge in [0.1, 0.15) is 11.8 Å². The van der Waals surface area contributed by atoms with E-state index in [0.29, 0.717) is 25.0 Å². The third-order valence-electron chi connectivity index (χ3n) is 7.02. The number of benzene rings is 1. The molecule has 0 aromatic heterocycles. The average molecular weight is 484 g/mol. The smallest absolute Gasteiger partial charge is 0.243 e. The van der Waals surface area contributed by atoms with Gasteiger partial charge in [-0.2, -0.15) is 0 Å². The second-order valence-electron chi connectivity index (χ2n) is 9.35. The monoisotopic (exact) mass is 483 g/mol. The molecule has 1 aromatic rings. The lowest BCUT2D eigenvalue weighted by Crippen LogP contribution is -2.51. The highest BCUT2D eigenvalue weighted by molar-refractivity contribution is 6.05. The van der Waals surface area contributed by atoms with Crippen molar-refractivity contribution < 1.29 is 23.9 Å². The first-order valence-corrected chi connectivity index (χ1v) is 12.5. The maximum absolute atomic E-state index is 13.5. The van der Waals surface area contributed by atoms with Gasteiger partial charge in [0.15, 0.2) is 0 Å². The van der Waals surface area contributed by atoms with Crippen LogP contribution in [0.3, 0.4) is 0 Å². The predicted molar refractivity (Wildman–Crippen MR) is 132 cm³/mol. The van der Waals surface area contributed by atoms with Crippen molar-refractivity contribution in [3.05, 3.63) is 42.0 Å². The highest BCUT2D eigenvalue weighted by Gasteiger charge is 2.47. The Balaban J connectivity index is 1.77. The van der Waals surface area contributed by atoms with Crippen molar-refractivity contribution in [3.63, 3.8) is 0 Å². The lowest BCUT2D eigenvalue weighted by Gasteiger charge is -2.32. The Kier molecular flexibility index (Phi) is 9.07. The van der Waals surface area contributed by atoms with Gasteiger partial charge in [-0.15, -0.1) is 0 Å². The van der Waals surface area contributed by atoms with Crippen LogP contribution in [0.2, 0.25) is 0 Å². The van der Waals surface area contributed by atoms with Crippen molar-refractivity contribution in [1.29, 1.82) is 0 Å². The number of rotatable bonds is 11. The predicted octanol–water partition coefficient (Wildman–Crippen LogP) is 3.06. The number of methoxy groups -OCH3 is 1. The standard InChI is InChI=1S/C27H37N3O5/c1-5-18(3)28-25(32)23(6-2)30(17-19-10-9-11-20(16-19)35-4)24(31)14-15-29-26(33)21-12-7-8-13-22(21)27(29)34/h7-11,16,18,21-23H,5-6,12-15,17H2,1-4H3,(H,28,32)/t18-,21-,22+,23+/m1/s1. The molecule has 2 aliphatic rings. The van der Waals surface area contributed by atoms with Gasteiger partial charge in [-0.3, -0.25) is 24.1 Å². The van der Waals surface area contributed by atoms with Gasteiger partial charge in [0.05, 0.1) is 18.9 Å². The van der Waals surface area contributed by atoms with Crippen LogP contribution in [-0.2, 0) is 25.7 Å². The summed E-state index contributed by atoms with van der Waals surface area (Å²) in [5, 5.41) is 2.99. The van der Waals surface area contributed by atoms with Crippen LogP contribution in [0.15, 0.2) is 36.4 Å². The normalized spacial score (nSPS) is 20.9. The molecule has 190 valence electrons. The first-order valence-electron chi connectivity index (χ1n) is 12.5. The number of amides is 4. The fourth-order valence-electron chi connectivity index (χ4n) is 4.77. The van der Waals surface area contributed by atoms with Crippen LogP contribution in [0.25, 0.3) is 0 Å². The van der Waals surface area contributed by atoms with Gasteiger partial charge in [-0.1, -0.05) is 38.1 Å². The molecule has 1 heterocycles. The summed E-state index contributed by atoms with van der Waals surface area (Å²) in [7, 11) is 1.58. The van der Waals surface area contributed by atoms with Crippen molar-refractivity contribution in [1.82, 2.24) is 15.1 Å². The summed E-state index contributed by atoms with van der Waals surface area (Å²) in [6, 6.07) is 6.70. The average Bonchev–Trinajstić information content (AvgIpc) is 3.11. The first-order chi connectivity index (χ1) is 16.8. The summed E-state index contributed by atoms with van der Waals surface area (Å²) in [6.07, 6.45) is 6.21. The molecule has 0 spiro atoms. The molecular weight excluding hydrogens is 446 g/mol. The lowest BCUT2D eigenvalue weighted by atomic mass is 9.85. The Hall–Kier alpha value is -3.16. The van der Waals surface area contributed by atoms with Crippen molar-refractivity contribution >= 4 is 23.6 Å². The zero-order valence-electron chi connectivity index (χ0n) is 21.2. The minimum Gasteiger partial charge on any atom is -0.497 e. The van der Waals surface area contributed by atoms with Crippen LogP contribution < -0.4 is 10.1 Å². The molecule has 0 unspecified atom stereocenters. The highest BCUT2D eigenvalue weighted by Crippen LogP contribution is 2.35. The molecule has 4 atom stereocenters. The van der Waals surface area contributed by atoms with Gasteiger partial charge in [0.2, 0.25) is 23.6 Å². The third-order valence-corrected chi connectivity index (χ3v) is 7.02. The van der Waals surface area contributed by atoms with Gasteiger partial charge < -0.3 is 15.0 Å².